The number of hydrogen-bond acceptors (Lipinski definition) is 5. The fourth-order valence-corrected chi connectivity index (χ4v) is 6.47. The SMILES string of the molecule is CC(=O)N1c2ccc(S(=O)(=O)N3CCCC3)cc2CC1C(=O)NCCCN1CCCC1. The average Bonchev–Trinajstić information content (AvgIpc) is 3.50. The molecule has 8 nitrogen and oxygen atoms in total. The Kier molecular flexibility index (Phi) is 6.64. The van der Waals surface area contributed by atoms with E-state index in [9.17, 15) is 18.0 Å². The minimum absolute atomic E-state index is 0.184. The molecule has 0 aromatic heterocycles. The van der Waals surface area contributed by atoms with Crippen molar-refractivity contribution in [1.29, 1.82) is 0 Å². The average molecular weight is 449 g/mol. The van der Waals surface area contributed by atoms with Crippen LogP contribution in [0.5, 0.6) is 0 Å². The number of hydrogen-bond donors (Lipinski definition) is 1. The summed E-state index contributed by atoms with van der Waals surface area (Å²) in [6.45, 7) is 6.34. The van der Waals surface area contributed by atoms with Gasteiger partial charge in [0.25, 0.3) is 0 Å². The monoisotopic (exact) mass is 448 g/mol. The van der Waals surface area contributed by atoms with Gasteiger partial charge >= 0.3 is 0 Å². The molecule has 1 unspecified atom stereocenters. The van der Waals surface area contributed by atoms with Crippen molar-refractivity contribution < 1.29 is 18.0 Å². The van der Waals surface area contributed by atoms with Crippen molar-refractivity contribution in [2.24, 2.45) is 0 Å². The van der Waals surface area contributed by atoms with Gasteiger partial charge < -0.3 is 10.2 Å². The molecule has 0 spiro atoms. The summed E-state index contributed by atoms with van der Waals surface area (Å²) in [7, 11) is -3.54. The van der Waals surface area contributed by atoms with Gasteiger partial charge in [-0.25, -0.2) is 8.42 Å². The third-order valence-electron chi connectivity index (χ3n) is 6.53. The number of anilines is 1. The van der Waals surface area contributed by atoms with Crippen LogP contribution in [0.15, 0.2) is 23.1 Å². The van der Waals surface area contributed by atoms with E-state index < -0.39 is 16.1 Å². The third kappa shape index (κ3) is 4.63. The van der Waals surface area contributed by atoms with E-state index in [0.717, 1.165) is 44.5 Å². The van der Waals surface area contributed by atoms with E-state index >= 15 is 0 Å². The van der Waals surface area contributed by atoms with Crippen molar-refractivity contribution in [2.75, 3.05) is 44.2 Å². The second-order valence-electron chi connectivity index (χ2n) is 8.70. The summed E-state index contributed by atoms with van der Waals surface area (Å²) >= 11 is 0. The maximum Gasteiger partial charge on any atom is 0.243 e. The molecular weight excluding hydrogens is 416 g/mol. The zero-order valence-corrected chi connectivity index (χ0v) is 19.0. The van der Waals surface area contributed by atoms with E-state index in [1.54, 1.807) is 18.2 Å². The first-order valence-electron chi connectivity index (χ1n) is 11.3. The smallest absolute Gasteiger partial charge is 0.243 e. The van der Waals surface area contributed by atoms with E-state index in [2.05, 4.69) is 10.2 Å². The van der Waals surface area contributed by atoms with E-state index in [4.69, 9.17) is 0 Å². The van der Waals surface area contributed by atoms with Crippen LogP contribution < -0.4 is 10.2 Å². The molecule has 31 heavy (non-hydrogen) atoms. The number of amides is 2. The molecule has 1 aromatic carbocycles. The van der Waals surface area contributed by atoms with Crippen LogP contribution >= 0.6 is 0 Å². The molecule has 3 aliphatic rings. The van der Waals surface area contributed by atoms with Crippen molar-refractivity contribution >= 4 is 27.5 Å². The molecule has 1 atom stereocenters. The summed E-state index contributed by atoms with van der Waals surface area (Å²) in [5.41, 5.74) is 1.36. The lowest BCUT2D eigenvalue weighted by atomic mass is 10.1. The van der Waals surface area contributed by atoms with Crippen LogP contribution in [0.3, 0.4) is 0 Å². The number of fused-ring (bicyclic) bond motifs is 1. The molecule has 9 heteroatoms. The fraction of sp³-hybridized carbons (Fsp3) is 0.636. The summed E-state index contributed by atoms with van der Waals surface area (Å²) in [4.78, 5) is 29.3. The van der Waals surface area contributed by atoms with E-state index in [1.165, 1.54) is 29.0 Å². The summed E-state index contributed by atoms with van der Waals surface area (Å²) < 4.78 is 27.3. The fourth-order valence-electron chi connectivity index (χ4n) is 4.90. The lowest BCUT2D eigenvalue weighted by Gasteiger charge is -2.24. The lowest BCUT2D eigenvalue weighted by molar-refractivity contribution is -0.125. The molecule has 0 aliphatic carbocycles. The Hall–Kier alpha value is -1.97. The minimum atomic E-state index is -3.54. The number of carbonyl (C=O) groups is 2. The van der Waals surface area contributed by atoms with Crippen LogP contribution in [0.4, 0.5) is 5.69 Å². The number of carbonyl (C=O) groups excluding carboxylic acids is 2. The zero-order chi connectivity index (χ0) is 22.0. The molecule has 3 aliphatic heterocycles. The highest BCUT2D eigenvalue weighted by molar-refractivity contribution is 7.89. The van der Waals surface area contributed by atoms with Gasteiger partial charge in [0.05, 0.1) is 4.90 Å². The normalized spacial score (nSPS) is 22.1. The maximum atomic E-state index is 12.9. The first-order chi connectivity index (χ1) is 14.9. The van der Waals surface area contributed by atoms with Gasteiger partial charge in [0.15, 0.2) is 0 Å². The first-order valence-corrected chi connectivity index (χ1v) is 12.7. The molecule has 4 rings (SSSR count). The predicted molar refractivity (Wildman–Crippen MR) is 118 cm³/mol. The Morgan fingerprint density at radius 3 is 2.42 bits per heavy atom. The highest BCUT2D eigenvalue weighted by Gasteiger charge is 2.38. The largest absolute Gasteiger partial charge is 0.354 e. The van der Waals surface area contributed by atoms with Crippen molar-refractivity contribution in [3.63, 3.8) is 0 Å². The second-order valence-corrected chi connectivity index (χ2v) is 10.6. The molecule has 2 saturated heterocycles. The first kappa shape index (κ1) is 22.2. The summed E-state index contributed by atoms with van der Waals surface area (Å²) in [5, 5.41) is 2.97. The quantitative estimate of drug-likeness (QED) is 0.636. The molecule has 0 bridgehead atoms. The van der Waals surface area contributed by atoms with Crippen LogP contribution in [0.2, 0.25) is 0 Å². The van der Waals surface area contributed by atoms with E-state index in [-0.39, 0.29) is 16.7 Å². The Morgan fingerprint density at radius 2 is 1.74 bits per heavy atom. The van der Waals surface area contributed by atoms with Gasteiger partial charge in [-0.2, -0.15) is 4.31 Å². The molecule has 3 heterocycles. The highest BCUT2D eigenvalue weighted by atomic mass is 32.2. The molecule has 1 aromatic rings. The van der Waals surface area contributed by atoms with Gasteiger partial charge in [-0.05, 0) is 75.5 Å². The molecule has 0 saturated carbocycles. The van der Waals surface area contributed by atoms with E-state index in [1.807, 2.05) is 0 Å². The lowest BCUT2D eigenvalue weighted by Crippen LogP contribution is -2.47. The molecule has 2 fully saturated rings. The number of nitrogens with one attached hydrogen (secondary N) is 1. The van der Waals surface area contributed by atoms with Crippen LogP contribution in [-0.2, 0) is 26.0 Å². The van der Waals surface area contributed by atoms with Crippen LogP contribution in [-0.4, -0.2) is 74.7 Å². The van der Waals surface area contributed by atoms with Crippen LogP contribution in [0, 0.1) is 0 Å². The van der Waals surface area contributed by atoms with Crippen molar-refractivity contribution in [2.45, 2.75) is 56.4 Å². The van der Waals surface area contributed by atoms with Crippen molar-refractivity contribution in [3.05, 3.63) is 23.8 Å². The number of nitrogens with zero attached hydrogens (tertiary/aromatic N) is 3. The van der Waals surface area contributed by atoms with Gasteiger partial charge in [-0.1, -0.05) is 0 Å². The van der Waals surface area contributed by atoms with Crippen molar-refractivity contribution in [1.82, 2.24) is 14.5 Å². The number of benzene rings is 1. The Bertz CT molecular complexity index is 937. The standard InChI is InChI=1S/C22H32N4O4S/c1-17(27)26-20-8-7-19(31(29,30)25-13-4-5-14-25)15-18(20)16-21(26)22(28)23-9-6-12-24-10-2-3-11-24/h7-8,15,21H,2-6,9-14,16H2,1H3,(H,23,28). The number of likely N-dealkylation sites (tertiary alicyclic amines) is 1. The topological polar surface area (TPSA) is 90.0 Å². The zero-order valence-electron chi connectivity index (χ0n) is 18.2. The highest BCUT2D eigenvalue weighted by Crippen LogP contribution is 2.35. The molecule has 170 valence electrons. The van der Waals surface area contributed by atoms with Gasteiger partial charge in [-0.15, -0.1) is 0 Å². The second kappa shape index (κ2) is 9.26. The number of sulfonamides is 1. The summed E-state index contributed by atoms with van der Waals surface area (Å²) in [6.07, 6.45) is 5.45. The van der Waals surface area contributed by atoms with Crippen LogP contribution in [0.25, 0.3) is 0 Å². The predicted octanol–water partition coefficient (Wildman–Crippen LogP) is 1.35. The van der Waals surface area contributed by atoms with Gasteiger partial charge in [0, 0.05) is 38.7 Å². The maximum absolute atomic E-state index is 12.9. The van der Waals surface area contributed by atoms with Gasteiger partial charge in [-0.3, -0.25) is 14.5 Å². The minimum Gasteiger partial charge on any atom is -0.354 e. The molecular formula is C22H32N4O4S. The van der Waals surface area contributed by atoms with Crippen LogP contribution in [0.1, 0.15) is 44.6 Å². The van der Waals surface area contributed by atoms with E-state index in [0.29, 0.717) is 31.7 Å². The van der Waals surface area contributed by atoms with Gasteiger partial charge in [0.2, 0.25) is 21.8 Å². The molecule has 0 radical (unpaired) electrons. The molecule has 1 N–H and O–H groups in total. The Labute approximate surface area is 184 Å². The summed E-state index contributed by atoms with van der Waals surface area (Å²) in [6, 6.07) is 4.22. The molecule has 2 amide bonds. The third-order valence-corrected chi connectivity index (χ3v) is 8.42. The Balaban J connectivity index is 1.44. The number of rotatable bonds is 7. The van der Waals surface area contributed by atoms with Crippen molar-refractivity contribution in [3.8, 4) is 0 Å². The summed E-state index contributed by atoms with van der Waals surface area (Å²) in [5.74, 6) is -0.400. The Morgan fingerprint density at radius 1 is 1.06 bits per heavy atom. The van der Waals surface area contributed by atoms with Gasteiger partial charge in [0.1, 0.15) is 6.04 Å².